The molecule has 6 heteroatoms. The van der Waals surface area contributed by atoms with Crippen LogP contribution in [-0.2, 0) is 11.3 Å². The molecule has 0 amide bonds. The van der Waals surface area contributed by atoms with Crippen LogP contribution in [0.3, 0.4) is 0 Å². The molecule has 0 N–H and O–H groups in total. The number of carbonyl (C=O) groups is 1. The Bertz CT molecular complexity index is 787. The van der Waals surface area contributed by atoms with Crippen LogP contribution in [0.5, 0.6) is 0 Å². The van der Waals surface area contributed by atoms with Gasteiger partial charge in [0.2, 0.25) is 0 Å². The van der Waals surface area contributed by atoms with Crippen LogP contribution in [0.1, 0.15) is 16.1 Å². The van der Waals surface area contributed by atoms with Gasteiger partial charge in [0.15, 0.2) is 0 Å². The predicted octanol–water partition coefficient (Wildman–Crippen LogP) is 3.39. The second kappa shape index (κ2) is 6.53. The average molecular weight is 358 g/mol. The normalized spacial score (nSPS) is 10.4. The number of para-hydroxylation sites is 1. The molecule has 0 aliphatic carbocycles. The van der Waals surface area contributed by atoms with E-state index in [1.165, 1.54) is 0 Å². The van der Waals surface area contributed by atoms with Gasteiger partial charge in [-0.25, -0.2) is 9.48 Å². The van der Waals surface area contributed by atoms with Crippen molar-refractivity contribution in [3.63, 3.8) is 0 Å². The smallest absolute Gasteiger partial charge is 0.339 e. The Morgan fingerprint density at radius 1 is 1.09 bits per heavy atom. The molecule has 5 nitrogen and oxygen atoms in total. The summed E-state index contributed by atoms with van der Waals surface area (Å²) in [6.45, 7) is 0.0993. The Hall–Kier alpha value is -2.47. The molecule has 1 heterocycles. The van der Waals surface area contributed by atoms with E-state index in [1.807, 2.05) is 36.4 Å². The molecule has 0 radical (unpaired) electrons. The molecule has 0 fully saturated rings. The number of halogens is 1. The topological polar surface area (TPSA) is 57.0 Å². The van der Waals surface area contributed by atoms with E-state index in [-0.39, 0.29) is 6.61 Å². The van der Waals surface area contributed by atoms with E-state index in [4.69, 9.17) is 4.74 Å². The third-order valence-electron chi connectivity index (χ3n) is 3.07. The third-order valence-corrected chi connectivity index (χ3v) is 3.76. The van der Waals surface area contributed by atoms with Crippen molar-refractivity contribution in [2.24, 2.45) is 0 Å². The predicted molar refractivity (Wildman–Crippen MR) is 84.6 cm³/mol. The molecule has 3 aromatic rings. The molecule has 0 saturated heterocycles. The third kappa shape index (κ3) is 3.07. The Morgan fingerprint density at radius 3 is 2.59 bits per heavy atom. The van der Waals surface area contributed by atoms with Crippen molar-refractivity contribution in [3.05, 3.63) is 76.5 Å². The average Bonchev–Trinajstić information content (AvgIpc) is 3.02. The van der Waals surface area contributed by atoms with Gasteiger partial charge in [0.05, 0.1) is 17.4 Å². The molecule has 0 spiro atoms. The standard InChI is InChI=1S/C16H12BrN3O2/c17-15-9-5-4-8-14(15)16(21)22-11-13-10-18-19-20(13)12-6-2-1-3-7-12/h1-10H,11H2. The highest BCUT2D eigenvalue weighted by atomic mass is 79.9. The van der Waals surface area contributed by atoms with Gasteiger partial charge in [-0.3, -0.25) is 0 Å². The van der Waals surface area contributed by atoms with Crippen molar-refractivity contribution in [1.82, 2.24) is 15.0 Å². The fraction of sp³-hybridized carbons (Fsp3) is 0.0625. The number of esters is 1. The molecular weight excluding hydrogens is 346 g/mol. The Balaban J connectivity index is 1.75. The van der Waals surface area contributed by atoms with Gasteiger partial charge in [0, 0.05) is 4.47 Å². The van der Waals surface area contributed by atoms with E-state index in [9.17, 15) is 4.79 Å². The van der Waals surface area contributed by atoms with Crippen molar-refractivity contribution >= 4 is 21.9 Å². The molecule has 0 atom stereocenters. The van der Waals surface area contributed by atoms with Crippen LogP contribution in [0, 0.1) is 0 Å². The van der Waals surface area contributed by atoms with Crippen molar-refractivity contribution in [2.45, 2.75) is 6.61 Å². The molecule has 110 valence electrons. The zero-order valence-corrected chi connectivity index (χ0v) is 13.1. The highest BCUT2D eigenvalue weighted by Gasteiger charge is 2.13. The van der Waals surface area contributed by atoms with Crippen molar-refractivity contribution < 1.29 is 9.53 Å². The molecule has 0 unspecified atom stereocenters. The minimum atomic E-state index is -0.395. The summed E-state index contributed by atoms with van der Waals surface area (Å²) in [7, 11) is 0. The molecule has 1 aromatic heterocycles. The second-order valence-electron chi connectivity index (χ2n) is 4.53. The lowest BCUT2D eigenvalue weighted by atomic mass is 10.2. The molecule has 0 bridgehead atoms. The van der Waals surface area contributed by atoms with E-state index in [2.05, 4.69) is 26.2 Å². The van der Waals surface area contributed by atoms with Crippen LogP contribution in [0.4, 0.5) is 0 Å². The summed E-state index contributed by atoms with van der Waals surface area (Å²) in [6, 6.07) is 16.7. The highest BCUT2D eigenvalue weighted by Crippen LogP contribution is 2.17. The fourth-order valence-corrected chi connectivity index (χ4v) is 2.43. The summed E-state index contributed by atoms with van der Waals surface area (Å²) in [5.41, 5.74) is 2.06. The van der Waals surface area contributed by atoms with Gasteiger partial charge in [0.25, 0.3) is 0 Å². The minimum Gasteiger partial charge on any atom is -0.455 e. The second-order valence-corrected chi connectivity index (χ2v) is 5.38. The van der Waals surface area contributed by atoms with Crippen molar-refractivity contribution in [1.29, 1.82) is 0 Å². The van der Waals surface area contributed by atoms with Gasteiger partial charge in [-0.1, -0.05) is 35.5 Å². The van der Waals surface area contributed by atoms with Gasteiger partial charge in [0.1, 0.15) is 12.3 Å². The number of aromatic nitrogens is 3. The minimum absolute atomic E-state index is 0.0993. The summed E-state index contributed by atoms with van der Waals surface area (Å²) >= 11 is 3.34. The lowest BCUT2D eigenvalue weighted by Gasteiger charge is -2.08. The van der Waals surface area contributed by atoms with Crippen molar-refractivity contribution in [3.8, 4) is 5.69 Å². The number of nitrogens with zero attached hydrogens (tertiary/aromatic N) is 3. The number of ether oxygens (including phenoxy) is 1. The van der Waals surface area contributed by atoms with Gasteiger partial charge in [-0.2, -0.15) is 0 Å². The van der Waals surface area contributed by atoms with Crippen LogP contribution in [0.15, 0.2) is 65.3 Å². The van der Waals surface area contributed by atoms with Gasteiger partial charge in [-0.15, -0.1) is 5.10 Å². The molecule has 3 rings (SSSR count). The van der Waals surface area contributed by atoms with E-state index in [0.29, 0.717) is 15.7 Å². The first kappa shape index (κ1) is 14.5. The lowest BCUT2D eigenvalue weighted by molar-refractivity contribution is 0.0464. The molecular formula is C16H12BrN3O2. The highest BCUT2D eigenvalue weighted by molar-refractivity contribution is 9.10. The number of carbonyl (C=O) groups excluding carboxylic acids is 1. The van der Waals surface area contributed by atoms with Crippen LogP contribution in [-0.4, -0.2) is 21.0 Å². The molecule has 0 aliphatic rings. The van der Waals surface area contributed by atoms with Crippen LogP contribution in [0.2, 0.25) is 0 Å². The molecule has 0 saturated carbocycles. The van der Waals surface area contributed by atoms with Crippen LogP contribution in [0.25, 0.3) is 5.69 Å². The van der Waals surface area contributed by atoms with E-state index in [1.54, 1.807) is 29.1 Å². The number of hydrogen-bond acceptors (Lipinski definition) is 4. The van der Waals surface area contributed by atoms with Crippen LogP contribution < -0.4 is 0 Å². The lowest BCUT2D eigenvalue weighted by Crippen LogP contribution is -2.09. The first-order valence-corrected chi connectivity index (χ1v) is 7.41. The molecule has 2 aromatic carbocycles. The largest absolute Gasteiger partial charge is 0.455 e. The molecule has 0 aliphatic heterocycles. The summed E-state index contributed by atoms with van der Waals surface area (Å²) < 4.78 is 7.70. The summed E-state index contributed by atoms with van der Waals surface area (Å²) in [5.74, 6) is -0.395. The Kier molecular flexibility index (Phi) is 4.29. The Morgan fingerprint density at radius 2 is 1.82 bits per heavy atom. The first-order valence-electron chi connectivity index (χ1n) is 6.62. The maximum absolute atomic E-state index is 12.1. The SMILES string of the molecule is O=C(OCc1cnnn1-c1ccccc1)c1ccccc1Br. The quantitative estimate of drug-likeness (QED) is 0.671. The van der Waals surface area contributed by atoms with Crippen LogP contribution >= 0.6 is 15.9 Å². The maximum atomic E-state index is 12.1. The summed E-state index contributed by atoms with van der Waals surface area (Å²) in [6.07, 6.45) is 1.58. The van der Waals surface area contributed by atoms with Gasteiger partial charge >= 0.3 is 5.97 Å². The van der Waals surface area contributed by atoms with E-state index in [0.717, 1.165) is 5.69 Å². The molecule has 22 heavy (non-hydrogen) atoms. The fourth-order valence-electron chi connectivity index (χ4n) is 1.99. The monoisotopic (exact) mass is 357 g/mol. The number of hydrogen-bond donors (Lipinski definition) is 0. The zero-order chi connectivity index (χ0) is 15.4. The van der Waals surface area contributed by atoms with E-state index >= 15 is 0 Å². The summed E-state index contributed by atoms with van der Waals surface area (Å²) in [4.78, 5) is 12.1. The van der Waals surface area contributed by atoms with Gasteiger partial charge < -0.3 is 4.74 Å². The number of benzene rings is 2. The summed E-state index contributed by atoms with van der Waals surface area (Å²) in [5, 5.41) is 7.90. The van der Waals surface area contributed by atoms with Crippen molar-refractivity contribution in [2.75, 3.05) is 0 Å². The first-order chi connectivity index (χ1) is 10.8. The Labute approximate surface area is 135 Å². The zero-order valence-electron chi connectivity index (χ0n) is 11.5. The maximum Gasteiger partial charge on any atom is 0.339 e. The van der Waals surface area contributed by atoms with E-state index < -0.39 is 5.97 Å². The number of rotatable bonds is 4. The van der Waals surface area contributed by atoms with Gasteiger partial charge in [-0.05, 0) is 40.2 Å².